The SMILES string of the molecule is C/C=C(C)\C=C\C(=O)NC1CCC1. The number of rotatable bonds is 3. The van der Waals surface area contributed by atoms with E-state index in [9.17, 15) is 4.79 Å². The average Bonchev–Trinajstić information content (AvgIpc) is 2.07. The Morgan fingerprint density at radius 1 is 1.38 bits per heavy atom. The number of amides is 1. The van der Waals surface area contributed by atoms with Gasteiger partial charge in [-0.05, 0) is 33.1 Å². The molecule has 0 spiro atoms. The van der Waals surface area contributed by atoms with Crippen LogP contribution in [0.15, 0.2) is 23.8 Å². The van der Waals surface area contributed by atoms with Gasteiger partial charge in [0.1, 0.15) is 0 Å². The predicted octanol–water partition coefficient (Wildman–Crippen LogP) is 2.18. The van der Waals surface area contributed by atoms with Crippen molar-refractivity contribution in [2.75, 3.05) is 0 Å². The highest BCUT2D eigenvalue weighted by molar-refractivity contribution is 5.88. The molecule has 13 heavy (non-hydrogen) atoms. The van der Waals surface area contributed by atoms with Crippen molar-refractivity contribution < 1.29 is 4.79 Å². The molecule has 0 aliphatic heterocycles. The molecule has 2 nitrogen and oxygen atoms in total. The lowest BCUT2D eigenvalue weighted by molar-refractivity contribution is -0.117. The van der Waals surface area contributed by atoms with Gasteiger partial charge in [-0.25, -0.2) is 0 Å². The first-order valence-corrected chi connectivity index (χ1v) is 4.84. The van der Waals surface area contributed by atoms with E-state index in [4.69, 9.17) is 0 Å². The summed E-state index contributed by atoms with van der Waals surface area (Å²) < 4.78 is 0. The van der Waals surface area contributed by atoms with Crippen LogP contribution in [-0.2, 0) is 4.79 Å². The van der Waals surface area contributed by atoms with E-state index in [1.165, 1.54) is 6.42 Å². The maximum Gasteiger partial charge on any atom is 0.244 e. The zero-order chi connectivity index (χ0) is 9.68. The van der Waals surface area contributed by atoms with Crippen LogP contribution in [0, 0.1) is 0 Å². The molecular weight excluding hydrogens is 162 g/mol. The Hall–Kier alpha value is -1.05. The molecule has 0 radical (unpaired) electrons. The van der Waals surface area contributed by atoms with E-state index >= 15 is 0 Å². The number of carbonyl (C=O) groups excluding carboxylic acids is 1. The first kappa shape index (κ1) is 10.0. The third-order valence-electron chi connectivity index (χ3n) is 2.40. The van der Waals surface area contributed by atoms with Gasteiger partial charge in [0, 0.05) is 12.1 Å². The van der Waals surface area contributed by atoms with Crippen molar-refractivity contribution in [2.45, 2.75) is 39.2 Å². The Morgan fingerprint density at radius 3 is 2.54 bits per heavy atom. The number of carbonyl (C=O) groups is 1. The molecule has 0 atom stereocenters. The summed E-state index contributed by atoms with van der Waals surface area (Å²) in [6.45, 7) is 3.94. The van der Waals surface area contributed by atoms with Crippen molar-refractivity contribution in [3.05, 3.63) is 23.8 Å². The summed E-state index contributed by atoms with van der Waals surface area (Å²) in [7, 11) is 0. The third-order valence-corrected chi connectivity index (χ3v) is 2.40. The molecule has 0 bridgehead atoms. The molecule has 1 N–H and O–H groups in total. The van der Waals surface area contributed by atoms with E-state index in [2.05, 4.69) is 5.32 Å². The van der Waals surface area contributed by atoms with Crippen LogP contribution in [0.3, 0.4) is 0 Å². The lowest BCUT2D eigenvalue weighted by Crippen LogP contribution is -2.38. The van der Waals surface area contributed by atoms with Gasteiger partial charge in [0.15, 0.2) is 0 Å². The highest BCUT2D eigenvalue weighted by Crippen LogP contribution is 2.17. The van der Waals surface area contributed by atoms with E-state index in [0.29, 0.717) is 6.04 Å². The minimum absolute atomic E-state index is 0.0332. The number of hydrogen-bond donors (Lipinski definition) is 1. The molecule has 0 saturated heterocycles. The minimum Gasteiger partial charge on any atom is -0.350 e. The van der Waals surface area contributed by atoms with Crippen LogP contribution in [0.4, 0.5) is 0 Å². The van der Waals surface area contributed by atoms with Crippen LogP contribution < -0.4 is 5.32 Å². The Morgan fingerprint density at radius 2 is 2.08 bits per heavy atom. The molecule has 0 heterocycles. The van der Waals surface area contributed by atoms with Crippen molar-refractivity contribution in [2.24, 2.45) is 0 Å². The molecule has 0 aromatic rings. The second-order valence-electron chi connectivity index (χ2n) is 3.50. The molecule has 1 rings (SSSR count). The maximum absolute atomic E-state index is 11.2. The summed E-state index contributed by atoms with van der Waals surface area (Å²) in [6.07, 6.45) is 8.96. The van der Waals surface area contributed by atoms with Crippen molar-refractivity contribution >= 4 is 5.91 Å². The van der Waals surface area contributed by atoms with Gasteiger partial charge >= 0.3 is 0 Å². The zero-order valence-electron chi connectivity index (χ0n) is 8.34. The van der Waals surface area contributed by atoms with Crippen LogP contribution in [0.5, 0.6) is 0 Å². The van der Waals surface area contributed by atoms with E-state index in [1.807, 2.05) is 26.0 Å². The van der Waals surface area contributed by atoms with Crippen LogP contribution >= 0.6 is 0 Å². The molecule has 0 unspecified atom stereocenters. The van der Waals surface area contributed by atoms with Crippen molar-refractivity contribution in [3.63, 3.8) is 0 Å². The summed E-state index contributed by atoms with van der Waals surface area (Å²) in [5.41, 5.74) is 1.11. The van der Waals surface area contributed by atoms with E-state index in [1.54, 1.807) is 6.08 Å². The van der Waals surface area contributed by atoms with Gasteiger partial charge < -0.3 is 5.32 Å². The molecule has 0 aromatic carbocycles. The zero-order valence-corrected chi connectivity index (χ0v) is 8.34. The average molecular weight is 179 g/mol. The standard InChI is InChI=1S/C11H17NO/c1-3-9(2)7-8-11(13)12-10-5-4-6-10/h3,7-8,10H,4-6H2,1-2H3,(H,12,13)/b8-7+,9-3-. The lowest BCUT2D eigenvalue weighted by atomic mass is 9.93. The fourth-order valence-corrected chi connectivity index (χ4v) is 1.11. The normalized spacial score (nSPS) is 18.8. The fraction of sp³-hybridized carbons (Fsp3) is 0.545. The molecule has 0 aromatic heterocycles. The van der Waals surface area contributed by atoms with Crippen molar-refractivity contribution in [3.8, 4) is 0 Å². The largest absolute Gasteiger partial charge is 0.350 e. The lowest BCUT2D eigenvalue weighted by Gasteiger charge is -2.25. The summed E-state index contributed by atoms with van der Waals surface area (Å²) in [5, 5.41) is 2.94. The number of nitrogens with one attached hydrogen (secondary N) is 1. The molecule has 1 aliphatic carbocycles. The van der Waals surface area contributed by atoms with Gasteiger partial charge in [-0.3, -0.25) is 4.79 Å². The monoisotopic (exact) mass is 179 g/mol. The highest BCUT2D eigenvalue weighted by atomic mass is 16.1. The van der Waals surface area contributed by atoms with Crippen molar-refractivity contribution in [1.82, 2.24) is 5.32 Å². The molecule has 1 fully saturated rings. The van der Waals surface area contributed by atoms with E-state index in [0.717, 1.165) is 18.4 Å². The Labute approximate surface area is 79.7 Å². The van der Waals surface area contributed by atoms with Crippen LogP contribution in [0.25, 0.3) is 0 Å². The highest BCUT2D eigenvalue weighted by Gasteiger charge is 2.17. The van der Waals surface area contributed by atoms with E-state index < -0.39 is 0 Å². The predicted molar refractivity (Wildman–Crippen MR) is 54.4 cm³/mol. The minimum atomic E-state index is 0.0332. The summed E-state index contributed by atoms with van der Waals surface area (Å²) >= 11 is 0. The second kappa shape index (κ2) is 4.85. The summed E-state index contributed by atoms with van der Waals surface area (Å²) in [5.74, 6) is 0.0332. The van der Waals surface area contributed by atoms with Gasteiger partial charge in [-0.15, -0.1) is 0 Å². The van der Waals surface area contributed by atoms with Gasteiger partial charge in [0.05, 0.1) is 0 Å². The molecule has 1 aliphatic rings. The summed E-state index contributed by atoms with van der Waals surface area (Å²) in [6, 6.07) is 0.433. The first-order chi connectivity index (χ1) is 6.22. The van der Waals surface area contributed by atoms with Gasteiger partial charge in [0.2, 0.25) is 5.91 Å². The number of allylic oxidation sites excluding steroid dienone is 3. The van der Waals surface area contributed by atoms with Crippen LogP contribution in [0.1, 0.15) is 33.1 Å². The van der Waals surface area contributed by atoms with E-state index in [-0.39, 0.29) is 5.91 Å². The second-order valence-corrected chi connectivity index (χ2v) is 3.50. The first-order valence-electron chi connectivity index (χ1n) is 4.84. The summed E-state index contributed by atoms with van der Waals surface area (Å²) in [4.78, 5) is 11.2. The molecule has 72 valence electrons. The van der Waals surface area contributed by atoms with Gasteiger partial charge in [-0.2, -0.15) is 0 Å². The topological polar surface area (TPSA) is 29.1 Å². The Kier molecular flexibility index (Phi) is 3.74. The Balaban J connectivity index is 2.27. The fourth-order valence-electron chi connectivity index (χ4n) is 1.11. The van der Waals surface area contributed by atoms with Crippen molar-refractivity contribution in [1.29, 1.82) is 0 Å². The Bertz CT molecular complexity index is 236. The van der Waals surface area contributed by atoms with Crippen LogP contribution in [0.2, 0.25) is 0 Å². The van der Waals surface area contributed by atoms with Crippen LogP contribution in [-0.4, -0.2) is 11.9 Å². The third kappa shape index (κ3) is 3.45. The molecule has 2 heteroatoms. The molecule has 1 amide bonds. The molecular formula is C11H17NO. The van der Waals surface area contributed by atoms with Gasteiger partial charge in [-0.1, -0.05) is 17.7 Å². The smallest absolute Gasteiger partial charge is 0.244 e. The number of hydrogen-bond acceptors (Lipinski definition) is 1. The quantitative estimate of drug-likeness (QED) is 0.522. The maximum atomic E-state index is 11.2. The molecule has 1 saturated carbocycles. The van der Waals surface area contributed by atoms with Gasteiger partial charge in [0.25, 0.3) is 0 Å².